The van der Waals surface area contributed by atoms with Crippen molar-refractivity contribution in [1.29, 1.82) is 0 Å². The molecule has 6 heteroatoms. The SMILES string of the molecule is CC=Cc1c(NC)n2c3c4c(ccc3c3cccc1c32)Oc1ccc2c3ccccc3n3c2[n+]1CC4[n+]1ccccc1-3. The lowest BCUT2D eigenvalue weighted by molar-refractivity contribution is -0.770. The summed E-state index contributed by atoms with van der Waals surface area (Å²) in [4.78, 5) is 0. The number of pyridine rings is 2. The van der Waals surface area contributed by atoms with Gasteiger partial charge in [-0.25, -0.2) is 4.57 Å². The second-order valence-electron chi connectivity index (χ2n) is 11.4. The van der Waals surface area contributed by atoms with Crippen LogP contribution in [0.4, 0.5) is 5.82 Å². The van der Waals surface area contributed by atoms with Crippen molar-refractivity contribution in [2.45, 2.75) is 19.5 Å². The summed E-state index contributed by atoms with van der Waals surface area (Å²) in [6, 6.07) is 30.7. The van der Waals surface area contributed by atoms with E-state index in [1.165, 1.54) is 60.3 Å². The first-order valence-electron chi connectivity index (χ1n) is 14.6. The number of rotatable bonds is 2. The van der Waals surface area contributed by atoms with Gasteiger partial charge < -0.3 is 10.1 Å². The molecule has 5 aromatic heterocycles. The molecule has 0 spiro atoms. The van der Waals surface area contributed by atoms with Gasteiger partial charge in [-0.15, -0.1) is 0 Å². The van der Waals surface area contributed by atoms with Crippen LogP contribution in [-0.2, 0) is 6.54 Å². The van der Waals surface area contributed by atoms with Crippen molar-refractivity contribution in [3.05, 3.63) is 108 Å². The molecule has 200 valence electrons. The Balaban J connectivity index is 1.41. The Morgan fingerprint density at radius 3 is 2.55 bits per heavy atom. The van der Waals surface area contributed by atoms with E-state index in [1.54, 1.807) is 0 Å². The van der Waals surface area contributed by atoms with Crippen LogP contribution in [0.15, 0.2) is 97.2 Å². The van der Waals surface area contributed by atoms with Crippen LogP contribution in [0.1, 0.15) is 24.1 Å². The van der Waals surface area contributed by atoms with Crippen molar-refractivity contribution in [3.8, 4) is 17.4 Å². The average Bonchev–Trinajstić information content (AvgIpc) is 3.56. The molecule has 0 saturated carbocycles. The van der Waals surface area contributed by atoms with Gasteiger partial charge in [-0.05, 0) is 43.3 Å². The summed E-state index contributed by atoms with van der Waals surface area (Å²) < 4.78 is 16.6. The zero-order valence-corrected chi connectivity index (χ0v) is 23.3. The minimum atomic E-state index is 0.00305. The molecular formula is C36H27N5O+2. The molecule has 0 saturated heterocycles. The summed E-state index contributed by atoms with van der Waals surface area (Å²) in [5, 5.41) is 9.81. The van der Waals surface area contributed by atoms with Crippen molar-refractivity contribution in [2.24, 2.45) is 0 Å². The Labute approximate surface area is 241 Å². The number of nitrogens with one attached hydrogen (secondary N) is 1. The van der Waals surface area contributed by atoms with Crippen molar-refractivity contribution >= 4 is 61.0 Å². The summed E-state index contributed by atoms with van der Waals surface area (Å²) in [6.45, 7) is 2.84. The maximum atomic E-state index is 6.92. The standard InChI is InChI=1S/C36H27N5O/c1-3-9-25-23-12-8-11-22-24-15-17-29-32(34(24)41(33(22)23)35(25)37-2)28-20-39-31(42-29)18-16-26-21-10-4-5-13-27(21)40(36(26)39)30-14-6-7-19-38(28)30/h3-19,28,37H,20H2,1-2H3/q+2. The lowest BCUT2D eigenvalue weighted by atomic mass is 9.99. The normalized spacial score (nSPS) is 15.6. The van der Waals surface area contributed by atoms with Crippen molar-refractivity contribution in [3.63, 3.8) is 0 Å². The number of hydrogen-bond acceptors (Lipinski definition) is 2. The Morgan fingerprint density at radius 2 is 1.64 bits per heavy atom. The monoisotopic (exact) mass is 545 g/mol. The van der Waals surface area contributed by atoms with Crippen LogP contribution in [0, 0.1) is 0 Å². The molecule has 3 aromatic carbocycles. The molecule has 1 N–H and O–H groups in total. The van der Waals surface area contributed by atoms with E-state index in [0.717, 1.165) is 29.8 Å². The van der Waals surface area contributed by atoms with E-state index in [1.807, 2.05) is 7.05 Å². The fraction of sp³-hybridized carbons (Fsp3) is 0.111. The van der Waals surface area contributed by atoms with E-state index in [9.17, 15) is 0 Å². The first kappa shape index (κ1) is 22.3. The van der Waals surface area contributed by atoms with Gasteiger partial charge in [-0.2, -0.15) is 9.13 Å². The zero-order chi connectivity index (χ0) is 27.7. The highest BCUT2D eigenvalue weighted by Crippen LogP contribution is 2.47. The molecular weight excluding hydrogens is 518 g/mol. The molecule has 2 bridgehead atoms. The lowest BCUT2D eigenvalue weighted by Crippen LogP contribution is -2.48. The van der Waals surface area contributed by atoms with Gasteiger partial charge in [-0.3, -0.25) is 4.40 Å². The summed E-state index contributed by atoms with van der Waals surface area (Å²) >= 11 is 0. The van der Waals surface area contributed by atoms with Gasteiger partial charge in [0.1, 0.15) is 23.6 Å². The third-order valence-electron chi connectivity index (χ3n) is 9.43. The van der Waals surface area contributed by atoms with Crippen LogP contribution in [-0.4, -0.2) is 16.0 Å². The molecule has 0 radical (unpaired) electrons. The molecule has 0 fully saturated rings. The fourth-order valence-electron chi connectivity index (χ4n) is 7.88. The number of ether oxygens (including phenoxy) is 1. The molecule has 6 nitrogen and oxygen atoms in total. The van der Waals surface area contributed by atoms with Crippen LogP contribution in [0.5, 0.6) is 11.6 Å². The maximum Gasteiger partial charge on any atom is 0.301 e. The lowest BCUT2D eigenvalue weighted by Gasteiger charge is -2.17. The molecule has 2 aliphatic rings. The van der Waals surface area contributed by atoms with Crippen LogP contribution >= 0.6 is 0 Å². The molecule has 42 heavy (non-hydrogen) atoms. The molecule has 1 unspecified atom stereocenters. The number of fused-ring (bicyclic) bond motifs is 13. The number of hydrogen-bond donors (Lipinski definition) is 1. The number of para-hydroxylation sites is 2. The highest BCUT2D eigenvalue weighted by Gasteiger charge is 2.41. The Hall–Kier alpha value is -5.36. The topological polar surface area (TPSA) is 38.4 Å². The van der Waals surface area contributed by atoms with E-state index in [4.69, 9.17) is 4.74 Å². The largest absolute Gasteiger partial charge is 0.422 e. The van der Waals surface area contributed by atoms with E-state index in [2.05, 4.69) is 134 Å². The van der Waals surface area contributed by atoms with Crippen LogP contribution in [0.2, 0.25) is 0 Å². The number of nitrogens with zero attached hydrogens (tertiary/aromatic N) is 4. The third-order valence-corrected chi connectivity index (χ3v) is 9.43. The molecule has 10 rings (SSSR count). The highest BCUT2D eigenvalue weighted by molar-refractivity contribution is 6.19. The van der Waals surface area contributed by atoms with E-state index in [0.29, 0.717) is 0 Å². The van der Waals surface area contributed by atoms with Crippen molar-refractivity contribution in [1.82, 2.24) is 8.97 Å². The summed E-state index contributed by atoms with van der Waals surface area (Å²) in [6.07, 6.45) is 6.57. The Kier molecular flexibility index (Phi) is 4.08. The number of anilines is 1. The Bertz CT molecular complexity index is 2480. The third kappa shape index (κ3) is 2.48. The Morgan fingerprint density at radius 1 is 0.833 bits per heavy atom. The number of aromatic nitrogens is 4. The van der Waals surface area contributed by atoms with Crippen molar-refractivity contribution in [2.75, 3.05) is 12.4 Å². The van der Waals surface area contributed by atoms with Gasteiger partial charge in [0.05, 0.1) is 28.2 Å². The molecule has 7 heterocycles. The zero-order valence-electron chi connectivity index (χ0n) is 23.3. The second-order valence-corrected chi connectivity index (χ2v) is 11.4. The quantitative estimate of drug-likeness (QED) is 0.235. The summed E-state index contributed by atoms with van der Waals surface area (Å²) in [7, 11) is 2.02. The minimum absolute atomic E-state index is 0.00305. The summed E-state index contributed by atoms with van der Waals surface area (Å²) in [5.74, 6) is 4.02. The van der Waals surface area contributed by atoms with E-state index < -0.39 is 0 Å². The smallest absolute Gasteiger partial charge is 0.301 e. The predicted molar refractivity (Wildman–Crippen MR) is 167 cm³/mol. The average molecular weight is 546 g/mol. The number of benzene rings is 3. The van der Waals surface area contributed by atoms with E-state index >= 15 is 0 Å². The predicted octanol–water partition coefficient (Wildman–Crippen LogP) is 7.14. The minimum Gasteiger partial charge on any atom is -0.422 e. The van der Waals surface area contributed by atoms with E-state index in [-0.39, 0.29) is 6.04 Å². The number of allylic oxidation sites excluding steroid dienone is 1. The fourth-order valence-corrected chi connectivity index (χ4v) is 7.88. The first-order valence-corrected chi connectivity index (χ1v) is 14.6. The highest BCUT2D eigenvalue weighted by atomic mass is 16.5. The van der Waals surface area contributed by atoms with Gasteiger partial charge in [0.2, 0.25) is 0 Å². The second kappa shape index (κ2) is 7.68. The first-order chi connectivity index (χ1) is 20.8. The van der Waals surface area contributed by atoms with Crippen LogP contribution in [0.25, 0.3) is 61.0 Å². The molecule has 0 amide bonds. The van der Waals surface area contributed by atoms with Crippen LogP contribution < -0.4 is 19.2 Å². The van der Waals surface area contributed by atoms with Gasteiger partial charge in [0.15, 0.2) is 6.04 Å². The molecule has 0 aliphatic carbocycles. The van der Waals surface area contributed by atoms with Gasteiger partial charge >= 0.3 is 5.65 Å². The van der Waals surface area contributed by atoms with Crippen molar-refractivity contribution < 1.29 is 13.9 Å². The van der Waals surface area contributed by atoms with Crippen LogP contribution in [0.3, 0.4) is 0 Å². The van der Waals surface area contributed by atoms with Gasteiger partial charge in [-0.1, -0.05) is 48.6 Å². The molecule has 8 aromatic rings. The maximum absolute atomic E-state index is 6.92. The van der Waals surface area contributed by atoms with Gasteiger partial charge in [0.25, 0.3) is 11.7 Å². The van der Waals surface area contributed by atoms with Gasteiger partial charge in [0, 0.05) is 46.3 Å². The molecule has 2 aliphatic heterocycles. The summed E-state index contributed by atoms with van der Waals surface area (Å²) in [5.41, 5.74) is 7.23. The molecule has 1 atom stereocenters.